The third-order valence-electron chi connectivity index (χ3n) is 5.34. The number of carbonyl (C=O) groups is 2. The summed E-state index contributed by atoms with van der Waals surface area (Å²) in [7, 11) is 0. The topological polar surface area (TPSA) is 103 Å². The fraction of sp³-hybridized carbons (Fsp3) is 0.385. The minimum atomic E-state index is -0.200. The zero-order valence-electron chi connectivity index (χ0n) is 20.8. The molecule has 1 aliphatic heterocycles. The second kappa shape index (κ2) is 14.0. The standard InChI is InChI=1S/C22H23Cl2N5O2.2C2H6/c23-14-2-4-18-16(10-14)15-6-8-29(12-20(15)27-18)22(31)26-11-13-1-3-17(24)19(9-13)28-21(30)5-7-25;2*1-2/h1-4,9-10,27H,5-8,11-12,25H2,(H,26,31)(H,28,30);2*1-2H3. The molecular formula is C26H35Cl2N5O2. The molecule has 35 heavy (non-hydrogen) atoms. The van der Waals surface area contributed by atoms with Crippen LogP contribution in [0.4, 0.5) is 10.5 Å². The lowest BCUT2D eigenvalue weighted by atomic mass is 10.0. The van der Waals surface area contributed by atoms with Gasteiger partial charge in [0.25, 0.3) is 0 Å². The van der Waals surface area contributed by atoms with Gasteiger partial charge < -0.3 is 26.3 Å². The zero-order chi connectivity index (χ0) is 26.0. The molecule has 7 nitrogen and oxygen atoms in total. The molecule has 1 aliphatic rings. The molecule has 1 aromatic heterocycles. The molecule has 0 radical (unpaired) electrons. The van der Waals surface area contributed by atoms with Gasteiger partial charge in [0.1, 0.15) is 0 Å². The number of aromatic amines is 1. The van der Waals surface area contributed by atoms with Crippen LogP contribution in [0, 0.1) is 0 Å². The number of anilines is 1. The number of benzene rings is 2. The summed E-state index contributed by atoms with van der Waals surface area (Å²) in [5.74, 6) is -0.200. The molecule has 2 aromatic carbocycles. The highest BCUT2D eigenvalue weighted by Gasteiger charge is 2.24. The van der Waals surface area contributed by atoms with E-state index in [2.05, 4.69) is 15.6 Å². The first-order valence-electron chi connectivity index (χ1n) is 12.0. The first-order chi connectivity index (χ1) is 16.9. The predicted octanol–water partition coefficient (Wildman–Crippen LogP) is 6.08. The van der Waals surface area contributed by atoms with Crippen molar-refractivity contribution in [2.75, 3.05) is 18.4 Å². The lowest BCUT2D eigenvalue weighted by Crippen LogP contribution is -2.42. The molecule has 190 valence electrons. The number of amides is 3. The third-order valence-corrected chi connectivity index (χ3v) is 5.91. The van der Waals surface area contributed by atoms with Gasteiger partial charge in [0.2, 0.25) is 5.91 Å². The van der Waals surface area contributed by atoms with Crippen molar-refractivity contribution in [3.8, 4) is 0 Å². The molecule has 0 spiro atoms. The van der Waals surface area contributed by atoms with Gasteiger partial charge in [-0.05, 0) is 47.9 Å². The van der Waals surface area contributed by atoms with Gasteiger partial charge in [0, 0.05) is 47.7 Å². The average Bonchev–Trinajstić information content (AvgIpc) is 3.24. The summed E-state index contributed by atoms with van der Waals surface area (Å²) in [6, 6.07) is 10.9. The first-order valence-corrected chi connectivity index (χ1v) is 12.8. The van der Waals surface area contributed by atoms with Gasteiger partial charge in [-0.2, -0.15) is 0 Å². The zero-order valence-corrected chi connectivity index (χ0v) is 22.3. The van der Waals surface area contributed by atoms with Gasteiger partial charge in [-0.1, -0.05) is 57.0 Å². The summed E-state index contributed by atoms with van der Waals surface area (Å²) in [6.45, 7) is 9.72. The molecule has 0 unspecified atom stereocenters. The van der Waals surface area contributed by atoms with Crippen LogP contribution in [0.1, 0.15) is 50.9 Å². The normalized spacial score (nSPS) is 12.0. The predicted molar refractivity (Wildman–Crippen MR) is 146 cm³/mol. The van der Waals surface area contributed by atoms with E-state index in [1.54, 1.807) is 17.0 Å². The fourth-order valence-electron chi connectivity index (χ4n) is 3.80. The number of carbonyl (C=O) groups excluding carboxylic acids is 2. The second-order valence-corrected chi connectivity index (χ2v) is 8.35. The van der Waals surface area contributed by atoms with E-state index in [1.165, 1.54) is 5.56 Å². The Morgan fingerprint density at radius 1 is 1.09 bits per heavy atom. The highest BCUT2D eigenvalue weighted by Crippen LogP contribution is 2.29. The van der Waals surface area contributed by atoms with Crippen LogP contribution in [0.5, 0.6) is 0 Å². The summed E-state index contributed by atoms with van der Waals surface area (Å²) in [5, 5.41) is 7.94. The van der Waals surface area contributed by atoms with E-state index in [4.69, 9.17) is 28.9 Å². The Labute approximate surface area is 217 Å². The lowest BCUT2D eigenvalue weighted by molar-refractivity contribution is -0.116. The van der Waals surface area contributed by atoms with Crippen LogP contribution in [-0.2, 0) is 24.3 Å². The molecule has 3 aromatic rings. The number of urea groups is 1. The summed E-state index contributed by atoms with van der Waals surface area (Å²) < 4.78 is 0. The fourth-order valence-corrected chi connectivity index (χ4v) is 4.13. The molecule has 0 saturated carbocycles. The van der Waals surface area contributed by atoms with Crippen molar-refractivity contribution in [1.29, 1.82) is 0 Å². The molecule has 0 saturated heterocycles. The van der Waals surface area contributed by atoms with Gasteiger partial charge in [-0.25, -0.2) is 4.79 Å². The monoisotopic (exact) mass is 519 g/mol. The smallest absolute Gasteiger partial charge is 0.318 e. The molecule has 5 N–H and O–H groups in total. The Morgan fingerprint density at radius 2 is 1.83 bits per heavy atom. The van der Waals surface area contributed by atoms with Crippen LogP contribution in [0.3, 0.4) is 0 Å². The van der Waals surface area contributed by atoms with Crippen LogP contribution in [-0.4, -0.2) is 34.9 Å². The van der Waals surface area contributed by atoms with E-state index < -0.39 is 0 Å². The van der Waals surface area contributed by atoms with Gasteiger partial charge >= 0.3 is 6.03 Å². The van der Waals surface area contributed by atoms with Crippen LogP contribution >= 0.6 is 23.2 Å². The number of nitrogens with zero attached hydrogens (tertiary/aromatic N) is 1. The number of H-pyrrole nitrogens is 1. The van der Waals surface area contributed by atoms with Crippen LogP contribution < -0.4 is 16.4 Å². The maximum Gasteiger partial charge on any atom is 0.318 e. The van der Waals surface area contributed by atoms with E-state index in [0.29, 0.717) is 35.4 Å². The van der Waals surface area contributed by atoms with E-state index >= 15 is 0 Å². The van der Waals surface area contributed by atoms with Crippen LogP contribution in [0.15, 0.2) is 36.4 Å². The van der Waals surface area contributed by atoms with E-state index in [-0.39, 0.29) is 24.9 Å². The van der Waals surface area contributed by atoms with Crippen molar-refractivity contribution in [1.82, 2.24) is 15.2 Å². The van der Waals surface area contributed by atoms with Crippen molar-refractivity contribution in [2.45, 2.75) is 53.6 Å². The number of rotatable bonds is 5. The minimum absolute atomic E-state index is 0.147. The molecule has 0 fully saturated rings. The molecule has 0 atom stereocenters. The highest BCUT2D eigenvalue weighted by molar-refractivity contribution is 6.33. The maximum absolute atomic E-state index is 12.7. The number of hydrogen-bond acceptors (Lipinski definition) is 3. The second-order valence-electron chi connectivity index (χ2n) is 7.50. The Morgan fingerprint density at radius 3 is 2.54 bits per heavy atom. The lowest BCUT2D eigenvalue weighted by Gasteiger charge is -2.27. The summed E-state index contributed by atoms with van der Waals surface area (Å²) in [5.41, 5.74) is 10.0. The molecule has 9 heteroatoms. The molecule has 0 bridgehead atoms. The van der Waals surface area contributed by atoms with Crippen LogP contribution in [0.25, 0.3) is 10.9 Å². The Bertz CT molecular complexity index is 1150. The van der Waals surface area contributed by atoms with E-state index in [9.17, 15) is 9.59 Å². The quantitative estimate of drug-likeness (QED) is 0.328. The van der Waals surface area contributed by atoms with Crippen molar-refractivity contribution in [2.24, 2.45) is 5.73 Å². The Balaban J connectivity index is 0.00000103. The van der Waals surface area contributed by atoms with Crippen molar-refractivity contribution < 1.29 is 9.59 Å². The number of nitrogens with two attached hydrogens (primary N) is 1. The number of aromatic nitrogens is 1. The van der Waals surface area contributed by atoms with E-state index in [0.717, 1.165) is 28.6 Å². The number of halogens is 2. The third kappa shape index (κ3) is 7.37. The molecule has 0 aliphatic carbocycles. The van der Waals surface area contributed by atoms with Crippen molar-refractivity contribution >= 4 is 51.7 Å². The Kier molecular flexibility index (Phi) is 11.4. The maximum atomic E-state index is 12.7. The van der Waals surface area contributed by atoms with Gasteiger partial charge in [-0.15, -0.1) is 0 Å². The Hall–Kier alpha value is -2.74. The summed E-state index contributed by atoms with van der Waals surface area (Å²) >= 11 is 12.3. The number of fused-ring (bicyclic) bond motifs is 3. The molecular weight excluding hydrogens is 485 g/mol. The summed E-state index contributed by atoms with van der Waals surface area (Å²) in [4.78, 5) is 29.7. The molecule has 3 amide bonds. The van der Waals surface area contributed by atoms with Gasteiger partial charge in [-0.3, -0.25) is 4.79 Å². The van der Waals surface area contributed by atoms with Crippen LogP contribution in [0.2, 0.25) is 10.0 Å². The first kappa shape index (κ1) is 28.5. The number of nitrogens with one attached hydrogen (secondary N) is 3. The highest BCUT2D eigenvalue weighted by atomic mass is 35.5. The molecule has 2 heterocycles. The average molecular weight is 521 g/mol. The van der Waals surface area contributed by atoms with Crippen molar-refractivity contribution in [3.63, 3.8) is 0 Å². The van der Waals surface area contributed by atoms with Gasteiger partial charge in [0.05, 0.1) is 17.3 Å². The van der Waals surface area contributed by atoms with Gasteiger partial charge in [0.15, 0.2) is 0 Å². The van der Waals surface area contributed by atoms with Crippen molar-refractivity contribution in [3.05, 3.63) is 63.3 Å². The SMILES string of the molecule is CC.CC.NCCC(=O)Nc1cc(CNC(=O)N2CCc3c([nH]c4ccc(Cl)cc34)C2)ccc1Cl. The summed E-state index contributed by atoms with van der Waals surface area (Å²) in [6.07, 6.45) is 0.982. The largest absolute Gasteiger partial charge is 0.357 e. The van der Waals surface area contributed by atoms with E-state index in [1.807, 2.05) is 52.0 Å². The minimum Gasteiger partial charge on any atom is -0.357 e. The molecule has 4 rings (SSSR count). The number of hydrogen-bond donors (Lipinski definition) is 4.